The number of allylic oxidation sites excluding steroid dienone is 2. The molecular weight excluding hydrogens is 784 g/mol. The molecule has 1 spiro atoms. The van der Waals surface area contributed by atoms with E-state index in [0.717, 1.165) is 0 Å². The van der Waals surface area contributed by atoms with E-state index in [9.17, 15) is 0 Å². The number of fused-ring (bicyclic) bond motifs is 8. The molecule has 0 radical (unpaired) electrons. The molecule has 0 saturated heterocycles. The molecule has 0 amide bonds. The number of benzene rings is 11. The Balaban J connectivity index is 1.01. The van der Waals surface area contributed by atoms with Crippen molar-refractivity contribution in [2.75, 3.05) is 0 Å². The van der Waals surface area contributed by atoms with Crippen LogP contribution >= 0.6 is 0 Å². The summed E-state index contributed by atoms with van der Waals surface area (Å²) in [5.41, 5.74) is 19.8. The van der Waals surface area contributed by atoms with Crippen LogP contribution < -0.4 is 26.8 Å². The van der Waals surface area contributed by atoms with Gasteiger partial charge in [-0.25, -0.2) is 0 Å². The lowest BCUT2D eigenvalue weighted by Crippen LogP contribution is -2.77. The van der Waals surface area contributed by atoms with Crippen LogP contribution in [0.25, 0.3) is 76.5 Å². The third-order valence-electron chi connectivity index (χ3n) is 14.1. The Morgan fingerprint density at radius 3 is 1.02 bits per heavy atom. The van der Waals surface area contributed by atoms with Crippen LogP contribution in [0.3, 0.4) is 0 Å². The molecule has 0 bridgehead atoms. The lowest BCUT2D eigenvalue weighted by atomic mass is 9.36. The topological polar surface area (TPSA) is 0 Å². The SMILES string of the molecule is C1=C(c2ccc(-c3c4ccccc4cc4ccccc34)cc2)C(c2ccc(-c3c4ccccc4cc4ccccc34)cc2)=C[Si]12c1ccccc1B(c1ccccc1)c1ccccc12. The largest absolute Gasteiger partial charge is 0.240 e. The standard InChI is InChI=1S/C62H41BSi/c1-2-20-50(21-3-1)63-57-26-12-14-28-59(57)64(60-29-15-13-27-58(60)63)40-55(42-30-34-44(35-31-42)61-51-22-8-4-16-46(51)38-47-17-5-9-23-52(47)61)56(41-64)43-32-36-45(37-33-43)62-53-24-10-6-18-48(53)39-49-19-7-11-25-54(49)62/h1-41H. The minimum Gasteiger partial charge on any atom is -0.0738 e. The highest BCUT2D eigenvalue weighted by atomic mass is 28.3. The third kappa shape index (κ3) is 5.69. The van der Waals surface area contributed by atoms with Gasteiger partial charge in [0.25, 0.3) is 0 Å². The number of rotatable bonds is 5. The van der Waals surface area contributed by atoms with Gasteiger partial charge in [0, 0.05) is 0 Å². The summed E-state index contributed by atoms with van der Waals surface area (Å²) in [6.45, 7) is 0.172. The minimum atomic E-state index is -2.65. The molecule has 0 unspecified atom stereocenters. The van der Waals surface area contributed by atoms with Crippen molar-refractivity contribution in [2.45, 2.75) is 0 Å². The molecule has 2 aliphatic heterocycles. The van der Waals surface area contributed by atoms with E-state index in [1.807, 2.05) is 0 Å². The van der Waals surface area contributed by atoms with E-state index < -0.39 is 8.07 Å². The Morgan fingerprint density at radius 2 is 0.609 bits per heavy atom. The van der Waals surface area contributed by atoms with Gasteiger partial charge in [-0.2, -0.15) is 0 Å². The first kappa shape index (κ1) is 36.8. The molecule has 0 N–H and O–H groups in total. The second-order valence-corrected chi connectivity index (χ2v) is 20.9. The Morgan fingerprint density at radius 1 is 0.281 bits per heavy atom. The number of hydrogen-bond acceptors (Lipinski definition) is 0. The molecule has 64 heavy (non-hydrogen) atoms. The van der Waals surface area contributed by atoms with Gasteiger partial charge in [-0.15, -0.1) is 0 Å². The second kappa shape index (κ2) is 14.7. The summed E-state index contributed by atoms with van der Waals surface area (Å²) < 4.78 is 0. The highest BCUT2D eigenvalue weighted by Gasteiger charge is 2.47. The molecule has 2 heteroatoms. The summed E-state index contributed by atoms with van der Waals surface area (Å²) in [7, 11) is -2.65. The fourth-order valence-electron chi connectivity index (χ4n) is 11.3. The van der Waals surface area contributed by atoms with Crippen molar-refractivity contribution < 1.29 is 0 Å². The van der Waals surface area contributed by atoms with Gasteiger partial charge in [-0.1, -0.05) is 263 Å². The van der Waals surface area contributed by atoms with Crippen LogP contribution in [0.1, 0.15) is 11.1 Å². The molecule has 2 heterocycles. The van der Waals surface area contributed by atoms with Gasteiger partial charge >= 0.3 is 0 Å². The van der Waals surface area contributed by atoms with Crippen LogP contribution in [0.15, 0.2) is 248 Å². The van der Waals surface area contributed by atoms with Crippen LogP contribution in [-0.2, 0) is 0 Å². The van der Waals surface area contributed by atoms with Gasteiger partial charge in [0.15, 0.2) is 8.07 Å². The predicted molar refractivity (Wildman–Crippen MR) is 279 cm³/mol. The van der Waals surface area contributed by atoms with Gasteiger partial charge in [-0.05, 0) is 99.7 Å². The molecule has 11 aromatic rings. The Kier molecular flexibility index (Phi) is 8.44. The minimum absolute atomic E-state index is 0.172. The van der Waals surface area contributed by atoms with Gasteiger partial charge in [0.2, 0.25) is 6.71 Å². The third-order valence-corrected chi connectivity index (χ3v) is 18.3. The summed E-state index contributed by atoms with van der Waals surface area (Å²) in [6, 6.07) is 88.6. The molecule has 0 atom stereocenters. The maximum absolute atomic E-state index is 2.72. The van der Waals surface area contributed by atoms with Crippen molar-refractivity contribution in [2.24, 2.45) is 0 Å². The van der Waals surface area contributed by atoms with Crippen molar-refractivity contribution in [1.82, 2.24) is 0 Å². The van der Waals surface area contributed by atoms with E-state index >= 15 is 0 Å². The smallest absolute Gasteiger partial charge is 0.0738 e. The van der Waals surface area contributed by atoms with Crippen LogP contribution in [0.4, 0.5) is 0 Å². The maximum Gasteiger partial charge on any atom is 0.240 e. The van der Waals surface area contributed by atoms with E-state index in [1.54, 1.807) is 0 Å². The molecule has 0 aromatic heterocycles. The maximum atomic E-state index is 2.72. The second-order valence-electron chi connectivity index (χ2n) is 17.5. The highest BCUT2D eigenvalue weighted by Crippen LogP contribution is 2.43. The molecule has 11 aromatic carbocycles. The first-order valence-corrected chi connectivity index (χ1v) is 24.6. The molecule has 0 fully saturated rings. The summed E-state index contributed by atoms with van der Waals surface area (Å²) in [5, 5.41) is 13.1. The zero-order valence-corrected chi connectivity index (χ0v) is 36.2. The molecule has 0 nitrogen and oxygen atoms in total. The summed E-state index contributed by atoms with van der Waals surface area (Å²) in [4.78, 5) is 0. The average molecular weight is 825 g/mol. The van der Waals surface area contributed by atoms with Crippen molar-refractivity contribution in [3.8, 4) is 22.3 Å². The van der Waals surface area contributed by atoms with E-state index in [0.29, 0.717) is 0 Å². The quantitative estimate of drug-likeness (QED) is 0.120. The zero-order valence-electron chi connectivity index (χ0n) is 35.2. The van der Waals surface area contributed by atoms with E-state index in [1.165, 1.54) is 114 Å². The lowest BCUT2D eigenvalue weighted by molar-refractivity contribution is 1.59. The fourth-order valence-corrected chi connectivity index (χ4v) is 16.0. The predicted octanol–water partition coefficient (Wildman–Crippen LogP) is 12.3. The summed E-state index contributed by atoms with van der Waals surface area (Å²) in [6.07, 6.45) is 0. The van der Waals surface area contributed by atoms with Gasteiger partial charge in [-0.3, -0.25) is 0 Å². The molecular formula is C62H41BSi. The molecule has 2 aliphatic rings. The molecule has 296 valence electrons. The summed E-state index contributed by atoms with van der Waals surface area (Å²) >= 11 is 0. The van der Waals surface area contributed by atoms with Gasteiger partial charge < -0.3 is 0 Å². The Bertz CT molecular complexity index is 3380. The first-order valence-electron chi connectivity index (χ1n) is 22.4. The van der Waals surface area contributed by atoms with E-state index in [4.69, 9.17) is 0 Å². The van der Waals surface area contributed by atoms with E-state index in [-0.39, 0.29) is 6.71 Å². The van der Waals surface area contributed by atoms with E-state index in [2.05, 4.69) is 248 Å². The van der Waals surface area contributed by atoms with Crippen molar-refractivity contribution in [1.29, 1.82) is 0 Å². The lowest BCUT2D eigenvalue weighted by Gasteiger charge is -2.37. The van der Waals surface area contributed by atoms with Gasteiger partial charge in [0.05, 0.1) is 0 Å². The molecule has 0 saturated carbocycles. The monoisotopic (exact) mass is 824 g/mol. The van der Waals surface area contributed by atoms with Crippen LogP contribution in [0.2, 0.25) is 0 Å². The van der Waals surface area contributed by atoms with Gasteiger partial charge in [0.1, 0.15) is 0 Å². The highest BCUT2D eigenvalue weighted by molar-refractivity contribution is 7.20. The Labute approximate surface area is 375 Å². The first-order chi connectivity index (χ1) is 31.7. The van der Waals surface area contributed by atoms with Crippen LogP contribution in [0.5, 0.6) is 0 Å². The number of hydrogen-bond donors (Lipinski definition) is 0. The zero-order chi connectivity index (χ0) is 42.2. The average Bonchev–Trinajstić information content (AvgIpc) is 3.77. The van der Waals surface area contributed by atoms with Crippen molar-refractivity contribution >= 4 is 95.8 Å². The molecule has 13 rings (SSSR count). The van der Waals surface area contributed by atoms with Crippen molar-refractivity contribution in [3.63, 3.8) is 0 Å². The van der Waals surface area contributed by atoms with Crippen LogP contribution in [-0.4, -0.2) is 14.8 Å². The normalized spacial score (nSPS) is 13.9. The molecule has 0 aliphatic carbocycles. The Hall–Kier alpha value is -7.78. The summed E-state index contributed by atoms with van der Waals surface area (Å²) in [5.74, 6) is 0. The van der Waals surface area contributed by atoms with Crippen LogP contribution in [0, 0.1) is 0 Å². The van der Waals surface area contributed by atoms with Crippen molar-refractivity contribution in [3.05, 3.63) is 259 Å². The fraction of sp³-hybridized carbons (Fsp3) is 0.